The van der Waals surface area contributed by atoms with Crippen LogP contribution in [-0.4, -0.2) is 61.0 Å². The van der Waals surface area contributed by atoms with E-state index in [1.807, 2.05) is 4.90 Å². The number of nitrogens with one attached hydrogen (secondary N) is 1. The van der Waals surface area contributed by atoms with Crippen molar-refractivity contribution in [2.75, 3.05) is 39.3 Å². The molecule has 4 aliphatic rings. The standard InChI is InChI=1S/C14H25N3O/c18-14(17-7-1-2-8-17)3-6-15-13-11-16-9-4-12(13)5-10-16/h12-13,15H,1-11H2. The molecule has 4 heteroatoms. The maximum absolute atomic E-state index is 11.9. The minimum Gasteiger partial charge on any atom is -0.343 e. The molecule has 4 fully saturated rings. The Hall–Kier alpha value is -0.610. The van der Waals surface area contributed by atoms with E-state index in [9.17, 15) is 4.79 Å². The second-order valence-electron chi connectivity index (χ2n) is 6.04. The number of likely N-dealkylation sites (tertiary alicyclic amines) is 1. The summed E-state index contributed by atoms with van der Waals surface area (Å²) in [4.78, 5) is 16.5. The summed E-state index contributed by atoms with van der Waals surface area (Å²) >= 11 is 0. The summed E-state index contributed by atoms with van der Waals surface area (Å²) in [5, 5.41) is 3.62. The molecule has 0 aromatic rings. The fraction of sp³-hybridized carbons (Fsp3) is 0.929. The third-order valence-corrected chi connectivity index (χ3v) is 4.86. The van der Waals surface area contributed by atoms with Crippen LogP contribution in [0.15, 0.2) is 0 Å². The minimum atomic E-state index is 0.348. The number of hydrogen-bond donors (Lipinski definition) is 1. The third kappa shape index (κ3) is 2.69. The van der Waals surface area contributed by atoms with Crippen LogP contribution in [0.5, 0.6) is 0 Å². The normalized spacial score (nSPS) is 35.1. The molecule has 4 aliphatic heterocycles. The van der Waals surface area contributed by atoms with Gasteiger partial charge in [0.2, 0.25) is 5.91 Å². The largest absolute Gasteiger partial charge is 0.343 e. The number of fused-ring (bicyclic) bond motifs is 3. The lowest BCUT2D eigenvalue weighted by Gasteiger charge is -2.45. The Labute approximate surface area is 110 Å². The fourth-order valence-corrected chi connectivity index (χ4v) is 3.69. The summed E-state index contributed by atoms with van der Waals surface area (Å²) in [7, 11) is 0. The van der Waals surface area contributed by atoms with Crippen molar-refractivity contribution in [3.63, 3.8) is 0 Å². The quantitative estimate of drug-likeness (QED) is 0.798. The molecule has 1 atom stereocenters. The maximum Gasteiger partial charge on any atom is 0.223 e. The van der Waals surface area contributed by atoms with Crippen molar-refractivity contribution in [3.05, 3.63) is 0 Å². The predicted molar refractivity (Wildman–Crippen MR) is 71.4 cm³/mol. The molecule has 1 amide bonds. The number of nitrogens with zero attached hydrogens (tertiary/aromatic N) is 2. The van der Waals surface area contributed by atoms with E-state index in [0.29, 0.717) is 18.4 Å². The van der Waals surface area contributed by atoms with Crippen molar-refractivity contribution in [3.8, 4) is 0 Å². The molecule has 4 heterocycles. The second kappa shape index (κ2) is 5.57. The highest BCUT2D eigenvalue weighted by molar-refractivity contribution is 5.76. The Morgan fingerprint density at radius 3 is 2.44 bits per heavy atom. The van der Waals surface area contributed by atoms with Crippen molar-refractivity contribution >= 4 is 5.91 Å². The maximum atomic E-state index is 11.9. The van der Waals surface area contributed by atoms with Gasteiger partial charge < -0.3 is 15.1 Å². The Morgan fingerprint density at radius 1 is 1.11 bits per heavy atom. The molecule has 1 N–H and O–H groups in total. The zero-order valence-electron chi connectivity index (χ0n) is 11.2. The number of carbonyl (C=O) groups is 1. The first-order chi connectivity index (χ1) is 8.83. The molecule has 102 valence electrons. The van der Waals surface area contributed by atoms with Crippen LogP contribution in [0.3, 0.4) is 0 Å². The SMILES string of the molecule is O=C(CCNC1CN2CCC1CC2)N1CCCC1. The molecule has 0 saturated carbocycles. The molecule has 18 heavy (non-hydrogen) atoms. The summed E-state index contributed by atoms with van der Waals surface area (Å²) in [6, 6.07) is 0.638. The molecule has 1 unspecified atom stereocenters. The van der Waals surface area contributed by atoms with Gasteiger partial charge >= 0.3 is 0 Å². The molecular formula is C14H25N3O. The van der Waals surface area contributed by atoms with Gasteiger partial charge in [0.05, 0.1) is 0 Å². The number of rotatable bonds is 4. The van der Waals surface area contributed by atoms with Crippen LogP contribution in [0, 0.1) is 5.92 Å². The van der Waals surface area contributed by atoms with E-state index in [-0.39, 0.29) is 0 Å². The van der Waals surface area contributed by atoms with Crippen molar-refractivity contribution < 1.29 is 4.79 Å². The lowest BCUT2D eigenvalue weighted by atomic mass is 9.84. The van der Waals surface area contributed by atoms with Crippen molar-refractivity contribution in [2.45, 2.75) is 38.1 Å². The van der Waals surface area contributed by atoms with Crippen LogP contribution in [0.4, 0.5) is 0 Å². The summed E-state index contributed by atoms with van der Waals surface area (Å²) in [5.74, 6) is 1.21. The first-order valence-corrected chi connectivity index (χ1v) is 7.56. The summed E-state index contributed by atoms with van der Waals surface area (Å²) in [6.45, 7) is 6.61. The minimum absolute atomic E-state index is 0.348. The highest BCUT2D eigenvalue weighted by atomic mass is 16.2. The van der Waals surface area contributed by atoms with Crippen LogP contribution >= 0.6 is 0 Å². The van der Waals surface area contributed by atoms with Crippen LogP contribution in [0.2, 0.25) is 0 Å². The molecule has 4 saturated heterocycles. The van der Waals surface area contributed by atoms with Crippen LogP contribution in [-0.2, 0) is 4.79 Å². The van der Waals surface area contributed by atoms with Crippen LogP contribution < -0.4 is 5.32 Å². The van der Waals surface area contributed by atoms with Gasteiger partial charge in [-0.25, -0.2) is 0 Å². The van der Waals surface area contributed by atoms with Gasteiger partial charge in [-0.3, -0.25) is 4.79 Å². The van der Waals surface area contributed by atoms with Crippen molar-refractivity contribution in [1.29, 1.82) is 0 Å². The van der Waals surface area contributed by atoms with Crippen molar-refractivity contribution in [1.82, 2.24) is 15.1 Å². The predicted octanol–water partition coefficient (Wildman–Crippen LogP) is 0.683. The van der Waals surface area contributed by atoms with Crippen molar-refractivity contribution in [2.24, 2.45) is 5.92 Å². The van der Waals surface area contributed by atoms with E-state index >= 15 is 0 Å². The zero-order chi connectivity index (χ0) is 12.4. The van der Waals surface area contributed by atoms with Crippen LogP contribution in [0.1, 0.15) is 32.1 Å². The Morgan fingerprint density at radius 2 is 1.83 bits per heavy atom. The van der Waals surface area contributed by atoms with Gasteiger partial charge in [0, 0.05) is 38.6 Å². The summed E-state index contributed by atoms with van der Waals surface area (Å²) in [5.41, 5.74) is 0. The number of piperidine rings is 3. The first-order valence-electron chi connectivity index (χ1n) is 7.56. The molecule has 0 aromatic heterocycles. The van der Waals surface area contributed by atoms with Gasteiger partial charge in [-0.1, -0.05) is 0 Å². The van der Waals surface area contributed by atoms with E-state index in [1.54, 1.807) is 0 Å². The highest BCUT2D eigenvalue weighted by Gasteiger charge is 2.33. The molecule has 4 rings (SSSR count). The average molecular weight is 251 g/mol. The highest BCUT2D eigenvalue weighted by Crippen LogP contribution is 2.27. The first kappa shape index (κ1) is 12.4. The summed E-state index contributed by atoms with van der Waals surface area (Å²) in [6.07, 6.45) is 5.76. The Kier molecular flexibility index (Phi) is 3.85. The van der Waals surface area contributed by atoms with E-state index in [2.05, 4.69) is 10.2 Å². The van der Waals surface area contributed by atoms with Gasteiger partial charge in [-0.05, 0) is 44.7 Å². The number of carbonyl (C=O) groups excluding carboxylic acids is 1. The van der Waals surface area contributed by atoms with Gasteiger partial charge in [0.15, 0.2) is 0 Å². The van der Waals surface area contributed by atoms with Gasteiger partial charge in [-0.2, -0.15) is 0 Å². The van der Waals surface area contributed by atoms with Crippen LogP contribution in [0.25, 0.3) is 0 Å². The molecule has 4 nitrogen and oxygen atoms in total. The lowest BCUT2D eigenvalue weighted by molar-refractivity contribution is -0.130. The number of amides is 1. The smallest absolute Gasteiger partial charge is 0.223 e. The molecule has 0 spiro atoms. The van der Waals surface area contributed by atoms with Gasteiger partial charge in [0.1, 0.15) is 0 Å². The van der Waals surface area contributed by atoms with E-state index in [4.69, 9.17) is 0 Å². The van der Waals surface area contributed by atoms with Gasteiger partial charge in [0.25, 0.3) is 0 Å². The zero-order valence-corrected chi connectivity index (χ0v) is 11.2. The Bertz CT molecular complexity index is 293. The topological polar surface area (TPSA) is 35.6 Å². The monoisotopic (exact) mass is 251 g/mol. The van der Waals surface area contributed by atoms with E-state index < -0.39 is 0 Å². The van der Waals surface area contributed by atoms with E-state index in [1.165, 1.54) is 45.3 Å². The second-order valence-corrected chi connectivity index (χ2v) is 6.04. The molecular weight excluding hydrogens is 226 g/mol. The average Bonchev–Trinajstić information content (AvgIpc) is 2.94. The molecule has 0 aromatic carbocycles. The van der Waals surface area contributed by atoms with E-state index in [0.717, 1.165) is 25.6 Å². The molecule has 0 aliphatic carbocycles. The molecule has 2 bridgehead atoms. The molecule has 0 radical (unpaired) electrons. The number of hydrogen-bond acceptors (Lipinski definition) is 3. The fourth-order valence-electron chi connectivity index (χ4n) is 3.69. The third-order valence-electron chi connectivity index (χ3n) is 4.86. The van der Waals surface area contributed by atoms with Gasteiger partial charge in [-0.15, -0.1) is 0 Å². The Balaban J connectivity index is 1.38. The lowest BCUT2D eigenvalue weighted by Crippen LogP contribution is -2.56. The summed E-state index contributed by atoms with van der Waals surface area (Å²) < 4.78 is 0.